The van der Waals surface area contributed by atoms with Gasteiger partial charge in [0.25, 0.3) is 0 Å². The number of aromatic nitrogens is 1. The van der Waals surface area contributed by atoms with E-state index in [9.17, 15) is 0 Å². The molecule has 14 heavy (non-hydrogen) atoms. The van der Waals surface area contributed by atoms with Gasteiger partial charge in [0, 0.05) is 12.6 Å². The van der Waals surface area contributed by atoms with Gasteiger partial charge in [-0.1, -0.05) is 11.6 Å². The first-order chi connectivity index (χ1) is 6.84. The van der Waals surface area contributed by atoms with Crippen LogP contribution < -0.4 is 5.32 Å². The molecular formula is C9H13ClN2S2. The summed E-state index contributed by atoms with van der Waals surface area (Å²) in [6.45, 7) is 0.868. The average Bonchev–Trinajstić information content (AvgIpc) is 2.63. The number of nitrogens with zero attached hydrogens (tertiary/aromatic N) is 1. The van der Waals surface area contributed by atoms with Crippen LogP contribution in [0.4, 0.5) is 0 Å². The number of hydrogen-bond donors (Lipinski definition) is 1. The maximum atomic E-state index is 5.81. The lowest BCUT2D eigenvalue weighted by molar-refractivity contribution is 0.481. The first-order valence-electron chi connectivity index (χ1n) is 4.76. The largest absolute Gasteiger partial charge is 0.308 e. The molecule has 1 aliphatic heterocycles. The fourth-order valence-corrected chi connectivity index (χ4v) is 3.52. The fraction of sp³-hybridized carbons (Fsp3) is 0.667. The van der Waals surface area contributed by atoms with Crippen molar-refractivity contribution in [1.29, 1.82) is 0 Å². The molecule has 1 aromatic heterocycles. The molecule has 0 saturated carbocycles. The van der Waals surface area contributed by atoms with E-state index in [1.54, 1.807) is 17.5 Å². The van der Waals surface area contributed by atoms with E-state index in [0.717, 1.165) is 15.9 Å². The van der Waals surface area contributed by atoms with E-state index in [1.807, 2.05) is 0 Å². The van der Waals surface area contributed by atoms with Crippen molar-refractivity contribution in [2.24, 2.45) is 0 Å². The number of thiazole rings is 1. The summed E-state index contributed by atoms with van der Waals surface area (Å²) in [4.78, 5) is 4.22. The molecule has 0 atom stereocenters. The first kappa shape index (κ1) is 10.7. The van der Waals surface area contributed by atoms with Crippen LogP contribution in [0.2, 0.25) is 4.34 Å². The van der Waals surface area contributed by atoms with E-state index >= 15 is 0 Å². The van der Waals surface area contributed by atoms with Crippen LogP contribution in [0.25, 0.3) is 0 Å². The molecule has 0 unspecified atom stereocenters. The Kier molecular flexibility index (Phi) is 4.10. The number of nitrogens with one attached hydrogen (secondary N) is 1. The lowest BCUT2D eigenvalue weighted by Crippen LogP contribution is -2.31. The molecule has 2 heterocycles. The van der Waals surface area contributed by atoms with Crippen LogP contribution in [0, 0.1) is 0 Å². The van der Waals surface area contributed by atoms with Crippen LogP contribution in [0.5, 0.6) is 0 Å². The Hall–Kier alpha value is 0.230. The van der Waals surface area contributed by atoms with Gasteiger partial charge in [-0.25, -0.2) is 4.98 Å². The van der Waals surface area contributed by atoms with Crippen molar-refractivity contribution in [2.75, 3.05) is 11.5 Å². The Morgan fingerprint density at radius 2 is 2.29 bits per heavy atom. The highest BCUT2D eigenvalue weighted by atomic mass is 35.5. The summed E-state index contributed by atoms with van der Waals surface area (Å²) in [5, 5.41) is 4.62. The zero-order valence-electron chi connectivity index (χ0n) is 7.83. The van der Waals surface area contributed by atoms with Crippen LogP contribution in [-0.2, 0) is 6.54 Å². The third kappa shape index (κ3) is 3.12. The van der Waals surface area contributed by atoms with E-state index in [4.69, 9.17) is 11.6 Å². The van der Waals surface area contributed by atoms with Crippen molar-refractivity contribution in [3.05, 3.63) is 15.5 Å². The summed E-state index contributed by atoms with van der Waals surface area (Å²) in [7, 11) is 0. The molecular weight excluding hydrogens is 236 g/mol. The summed E-state index contributed by atoms with van der Waals surface area (Å²) in [6.07, 6.45) is 4.29. The van der Waals surface area contributed by atoms with E-state index in [1.165, 1.54) is 24.3 Å². The topological polar surface area (TPSA) is 24.9 Å². The Morgan fingerprint density at radius 3 is 2.93 bits per heavy atom. The Balaban J connectivity index is 1.76. The predicted molar refractivity (Wildman–Crippen MR) is 64.3 cm³/mol. The van der Waals surface area contributed by atoms with Crippen molar-refractivity contribution in [3.63, 3.8) is 0 Å². The zero-order chi connectivity index (χ0) is 9.80. The van der Waals surface area contributed by atoms with Gasteiger partial charge in [-0.15, -0.1) is 11.3 Å². The normalized spacial score (nSPS) is 18.6. The minimum Gasteiger partial charge on any atom is -0.308 e. The minimum atomic E-state index is 0.680. The van der Waals surface area contributed by atoms with Crippen LogP contribution in [-0.4, -0.2) is 22.5 Å². The third-order valence-corrected chi connectivity index (χ3v) is 4.45. The molecule has 0 aromatic carbocycles. The smallest absolute Gasteiger partial charge is 0.113 e. The summed E-state index contributed by atoms with van der Waals surface area (Å²) < 4.78 is 0.779. The monoisotopic (exact) mass is 248 g/mol. The van der Waals surface area contributed by atoms with Crippen molar-refractivity contribution >= 4 is 34.7 Å². The lowest BCUT2D eigenvalue weighted by Gasteiger charge is -2.21. The van der Waals surface area contributed by atoms with Gasteiger partial charge in [0.1, 0.15) is 9.34 Å². The van der Waals surface area contributed by atoms with Crippen LogP contribution in [0.15, 0.2) is 6.20 Å². The van der Waals surface area contributed by atoms with Gasteiger partial charge in [-0.3, -0.25) is 0 Å². The number of halogens is 1. The van der Waals surface area contributed by atoms with E-state index in [0.29, 0.717) is 6.04 Å². The van der Waals surface area contributed by atoms with Crippen molar-refractivity contribution in [2.45, 2.75) is 25.4 Å². The SMILES string of the molecule is Clc1cnc(CNC2CCSCC2)s1. The molecule has 2 rings (SSSR count). The van der Waals surface area contributed by atoms with Gasteiger partial charge in [-0.2, -0.15) is 11.8 Å². The maximum absolute atomic E-state index is 5.81. The Labute approximate surface area is 97.5 Å². The Bertz CT molecular complexity index is 284. The summed E-state index contributed by atoms with van der Waals surface area (Å²) >= 11 is 9.42. The Morgan fingerprint density at radius 1 is 1.50 bits per heavy atom. The summed E-state index contributed by atoms with van der Waals surface area (Å²) in [6, 6.07) is 0.680. The minimum absolute atomic E-state index is 0.680. The standard InChI is InChI=1S/C9H13ClN2S2/c10-8-5-12-9(14-8)6-11-7-1-3-13-4-2-7/h5,7,11H,1-4,6H2. The average molecular weight is 249 g/mol. The molecule has 0 radical (unpaired) electrons. The van der Waals surface area contributed by atoms with Crippen LogP contribution in [0.1, 0.15) is 17.8 Å². The molecule has 78 valence electrons. The molecule has 0 spiro atoms. The molecule has 0 bridgehead atoms. The third-order valence-electron chi connectivity index (χ3n) is 2.29. The van der Waals surface area contributed by atoms with E-state index in [-0.39, 0.29) is 0 Å². The molecule has 0 amide bonds. The molecule has 1 N–H and O–H groups in total. The molecule has 1 saturated heterocycles. The molecule has 5 heteroatoms. The lowest BCUT2D eigenvalue weighted by atomic mass is 10.1. The predicted octanol–water partition coefficient (Wildman–Crippen LogP) is 2.78. The number of hydrogen-bond acceptors (Lipinski definition) is 4. The van der Waals surface area contributed by atoms with Gasteiger partial charge in [0.2, 0.25) is 0 Å². The van der Waals surface area contributed by atoms with Gasteiger partial charge < -0.3 is 5.32 Å². The second-order valence-corrected chi connectivity index (χ2v) is 6.30. The number of rotatable bonds is 3. The fourth-order valence-electron chi connectivity index (χ4n) is 1.50. The van der Waals surface area contributed by atoms with E-state index in [2.05, 4.69) is 22.1 Å². The van der Waals surface area contributed by atoms with Crippen LogP contribution in [0.3, 0.4) is 0 Å². The van der Waals surface area contributed by atoms with Gasteiger partial charge in [0.05, 0.1) is 6.20 Å². The van der Waals surface area contributed by atoms with E-state index < -0.39 is 0 Å². The van der Waals surface area contributed by atoms with Gasteiger partial charge in [0.15, 0.2) is 0 Å². The molecule has 1 aliphatic rings. The van der Waals surface area contributed by atoms with Gasteiger partial charge in [-0.05, 0) is 24.3 Å². The van der Waals surface area contributed by atoms with Crippen molar-refractivity contribution in [3.8, 4) is 0 Å². The van der Waals surface area contributed by atoms with Gasteiger partial charge >= 0.3 is 0 Å². The van der Waals surface area contributed by atoms with Crippen LogP contribution >= 0.6 is 34.7 Å². The molecule has 2 nitrogen and oxygen atoms in total. The number of thioether (sulfide) groups is 1. The first-order valence-corrected chi connectivity index (χ1v) is 7.11. The molecule has 1 fully saturated rings. The highest BCUT2D eigenvalue weighted by Gasteiger charge is 2.13. The summed E-state index contributed by atoms with van der Waals surface area (Å²) in [5.74, 6) is 2.58. The summed E-state index contributed by atoms with van der Waals surface area (Å²) in [5.41, 5.74) is 0. The van der Waals surface area contributed by atoms with Crippen molar-refractivity contribution in [1.82, 2.24) is 10.3 Å². The van der Waals surface area contributed by atoms with Crippen molar-refractivity contribution < 1.29 is 0 Å². The zero-order valence-corrected chi connectivity index (χ0v) is 10.2. The quantitative estimate of drug-likeness (QED) is 0.891. The molecule has 1 aromatic rings. The highest BCUT2D eigenvalue weighted by molar-refractivity contribution is 7.99. The highest BCUT2D eigenvalue weighted by Crippen LogP contribution is 2.20. The maximum Gasteiger partial charge on any atom is 0.113 e. The second-order valence-electron chi connectivity index (χ2n) is 3.33. The molecule has 0 aliphatic carbocycles. The second kappa shape index (κ2) is 5.35.